The van der Waals surface area contributed by atoms with E-state index in [1.807, 2.05) is 0 Å². The molecule has 2 rings (SSSR count). The number of nitrogens with one attached hydrogen (secondary N) is 2. The van der Waals surface area contributed by atoms with Gasteiger partial charge in [0.2, 0.25) is 0 Å². The molecule has 0 aliphatic heterocycles. The van der Waals surface area contributed by atoms with Gasteiger partial charge in [0.25, 0.3) is 0 Å². The predicted octanol–water partition coefficient (Wildman–Crippen LogP) is 3.39. The van der Waals surface area contributed by atoms with Gasteiger partial charge >= 0.3 is 0 Å². The van der Waals surface area contributed by atoms with Crippen LogP contribution in [0.3, 0.4) is 0 Å². The first-order chi connectivity index (χ1) is 11.4. The smallest absolute Gasteiger partial charge is 0.0211 e. The highest BCUT2D eigenvalue weighted by Gasteiger charge is 2.09. The SMILES string of the molecule is C#CCCNCCC(Cc1ccccc1)NCc1ccccc1. The van der Waals surface area contributed by atoms with Crippen LogP contribution in [-0.4, -0.2) is 19.1 Å². The van der Waals surface area contributed by atoms with Crippen molar-refractivity contribution in [3.8, 4) is 12.3 Å². The summed E-state index contributed by atoms with van der Waals surface area (Å²) in [6.45, 7) is 2.79. The van der Waals surface area contributed by atoms with E-state index in [9.17, 15) is 0 Å². The molecule has 1 atom stereocenters. The average molecular weight is 306 g/mol. The highest BCUT2D eigenvalue weighted by molar-refractivity contribution is 5.17. The molecule has 2 aromatic rings. The summed E-state index contributed by atoms with van der Waals surface area (Å²) in [5, 5.41) is 7.11. The summed E-state index contributed by atoms with van der Waals surface area (Å²) in [5.74, 6) is 2.66. The molecule has 0 amide bonds. The molecule has 0 aliphatic carbocycles. The third kappa shape index (κ3) is 7.15. The van der Waals surface area contributed by atoms with Gasteiger partial charge in [-0.3, -0.25) is 0 Å². The minimum atomic E-state index is 0.455. The van der Waals surface area contributed by atoms with E-state index in [2.05, 4.69) is 77.2 Å². The standard InChI is InChI=1S/C21H26N2/c1-2-3-15-22-16-14-21(17-19-10-6-4-7-11-19)23-18-20-12-8-5-9-13-20/h1,4-13,21-23H,3,14-18H2. The quantitative estimate of drug-likeness (QED) is 0.519. The first-order valence-electron chi connectivity index (χ1n) is 8.34. The minimum Gasteiger partial charge on any atom is -0.316 e. The lowest BCUT2D eigenvalue weighted by molar-refractivity contribution is 0.461. The van der Waals surface area contributed by atoms with Gasteiger partial charge in [0.1, 0.15) is 0 Å². The van der Waals surface area contributed by atoms with E-state index in [0.717, 1.165) is 38.9 Å². The van der Waals surface area contributed by atoms with E-state index in [4.69, 9.17) is 6.42 Å². The van der Waals surface area contributed by atoms with Crippen LogP contribution in [0.15, 0.2) is 60.7 Å². The van der Waals surface area contributed by atoms with Crippen LogP contribution in [0.4, 0.5) is 0 Å². The molecule has 0 heterocycles. The molecule has 1 unspecified atom stereocenters. The maximum absolute atomic E-state index is 5.28. The molecule has 2 N–H and O–H groups in total. The van der Waals surface area contributed by atoms with E-state index in [1.165, 1.54) is 11.1 Å². The van der Waals surface area contributed by atoms with Crippen LogP contribution >= 0.6 is 0 Å². The van der Waals surface area contributed by atoms with Crippen molar-refractivity contribution < 1.29 is 0 Å². The first kappa shape index (κ1) is 17.3. The zero-order valence-corrected chi connectivity index (χ0v) is 13.7. The first-order valence-corrected chi connectivity index (χ1v) is 8.34. The molecule has 2 aromatic carbocycles. The third-order valence-corrected chi connectivity index (χ3v) is 3.88. The minimum absolute atomic E-state index is 0.455. The second kappa shape index (κ2) is 10.6. The zero-order valence-electron chi connectivity index (χ0n) is 13.7. The molecule has 2 heteroatoms. The Hall–Kier alpha value is -2.08. The highest BCUT2D eigenvalue weighted by atomic mass is 14.9. The van der Waals surface area contributed by atoms with Crippen LogP contribution in [0.5, 0.6) is 0 Å². The molecular formula is C21H26N2. The Bertz CT molecular complexity index is 572. The Morgan fingerprint density at radius 2 is 1.52 bits per heavy atom. The van der Waals surface area contributed by atoms with E-state index in [1.54, 1.807) is 0 Å². The van der Waals surface area contributed by atoms with E-state index < -0.39 is 0 Å². The molecule has 23 heavy (non-hydrogen) atoms. The summed E-state index contributed by atoms with van der Waals surface area (Å²) in [5.41, 5.74) is 2.70. The van der Waals surface area contributed by atoms with Gasteiger partial charge in [-0.15, -0.1) is 12.3 Å². The Kier molecular flexibility index (Phi) is 7.97. The van der Waals surface area contributed by atoms with Gasteiger partial charge in [-0.1, -0.05) is 60.7 Å². The van der Waals surface area contributed by atoms with Crippen LogP contribution in [-0.2, 0) is 13.0 Å². The number of rotatable bonds is 10. The van der Waals surface area contributed by atoms with Crippen molar-refractivity contribution in [2.24, 2.45) is 0 Å². The molecule has 0 fully saturated rings. The largest absolute Gasteiger partial charge is 0.316 e. The maximum atomic E-state index is 5.28. The summed E-state index contributed by atoms with van der Waals surface area (Å²) in [6.07, 6.45) is 8.21. The Morgan fingerprint density at radius 1 is 0.870 bits per heavy atom. The Balaban J connectivity index is 1.84. The van der Waals surface area contributed by atoms with Crippen molar-refractivity contribution in [3.63, 3.8) is 0 Å². The summed E-state index contributed by atoms with van der Waals surface area (Å²) in [6, 6.07) is 21.7. The van der Waals surface area contributed by atoms with Gasteiger partial charge in [-0.05, 0) is 30.5 Å². The van der Waals surface area contributed by atoms with Gasteiger partial charge < -0.3 is 10.6 Å². The molecule has 0 radical (unpaired) electrons. The van der Waals surface area contributed by atoms with E-state index >= 15 is 0 Å². The Labute approximate surface area is 140 Å². The van der Waals surface area contributed by atoms with E-state index in [-0.39, 0.29) is 0 Å². The lowest BCUT2D eigenvalue weighted by Crippen LogP contribution is -2.34. The number of terminal acetylenes is 1. The molecule has 0 saturated carbocycles. The molecule has 120 valence electrons. The van der Waals surface area contributed by atoms with Gasteiger partial charge in [-0.25, -0.2) is 0 Å². The zero-order chi connectivity index (χ0) is 16.2. The number of benzene rings is 2. The monoisotopic (exact) mass is 306 g/mol. The summed E-state index contributed by atoms with van der Waals surface area (Å²) in [7, 11) is 0. The fourth-order valence-corrected chi connectivity index (χ4v) is 2.59. The van der Waals surface area contributed by atoms with Gasteiger partial charge in [0.05, 0.1) is 0 Å². The molecular weight excluding hydrogens is 280 g/mol. The van der Waals surface area contributed by atoms with E-state index in [0.29, 0.717) is 6.04 Å². The summed E-state index contributed by atoms with van der Waals surface area (Å²) in [4.78, 5) is 0. The second-order valence-corrected chi connectivity index (χ2v) is 5.75. The van der Waals surface area contributed by atoms with Gasteiger partial charge in [-0.2, -0.15) is 0 Å². The second-order valence-electron chi connectivity index (χ2n) is 5.75. The predicted molar refractivity (Wildman–Crippen MR) is 98.2 cm³/mol. The highest BCUT2D eigenvalue weighted by Crippen LogP contribution is 2.07. The molecule has 0 bridgehead atoms. The molecule has 0 aromatic heterocycles. The van der Waals surface area contributed by atoms with Crippen molar-refractivity contribution in [2.45, 2.75) is 31.8 Å². The van der Waals surface area contributed by atoms with Crippen LogP contribution in [0.25, 0.3) is 0 Å². The molecule has 0 saturated heterocycles. The fraction of sp³-hybridized carbons (Fsp3) is 0.333. The van der Waals surface area contributed by atoms with Gasteiger partial charge in [0.15, 0.2) is 0 Å². The fourth-order valence-electron chi connectivity index (χ4n) is 2.59. The van der Waals surface area contributed by atoms with Crippen LogP contribution in [0.2, 0.25) is 0 Å². The topological polar surface area (TPSA) is 24.1 Å². The van der Waals surface area contributed by atoms with Crippen molar-refractivity contribution in [1.82, 2.24) is 10.6 Å². The normalized spacial score (nSPS) is 11.8. The molecule has 0 aliphatic rings. The average Bonchev–Trinajstić information content (AvgIpc) is 2.61. The van der Waals surface area contributed by atoms with Crippen LogP contribution in [0, 0.1) is 12.3 Å². The molecule has 2 nitrogen and oxygen atoms in total. The van der Waals surface area contributed by atoms with Gasteiger partial charge in [0, 0.05) is 25.6 Å². The summed E-state index contributed by atoms with van der Waals surface area (Å²) < 4.78 is 0. The molecule has 0 spiro atoms. The number of hydrogen-bond acceptors (Lipinski definition) is 2. The van der Waals surface area contributed by atoms with Crippen LogP contribution < -0.4 is 10.6 Å². The van der Waals surface area contributed by atoms with Crippen LogP contribution in [0.1, 0.15) is 24.0 Å². The number of hydrogen-bond donors (Lipinski definition) is 2. The maximum Gasteiger partial charge on any atom is 0.0211 e. The third-order valence-electron chi connectivity index (χ3n) is 3.88. The lowest BCUT2D eigenvalue weighted by atomic mass is 10.0. The lowest BCUT2D eigenvalue weighted by Gasteiger charge is -2.19. The van der Waals surface area contributed by atoms with Crippen molar-refractivity contribution in [1.29, 1.82) is 0 Å². The Morgan fingerprint density at radius 3 is 2.17 bits per heavy atom. The van der Waals surface area contributed by atoms with Crippen molar-refractivity contribution in [2.75, 3.05) is 13.1 Å². The summed E-state index contributed by atoms with van der Waals surface area (Å²) >= 11 is 0. The van der Waals surface area contributed by atoms with Crippen molar-refractivity contribution in [3.05, 3.63) is 71.8 Å². The van der Waals surface area contributed by atoms with Crippen molar-refractivity contribution >= 4 is 0 Å².